The molecule has 5 nitrogen and oxygen atoms in total. The Kier molecular flexibility index (Phi) is 5.09. The molecule has 0 saturated carbocycles. The van der Waals surface area contributed by atoms with Crippen molar-refractivity contribution in [2.24, 2.45) is 0 Å². The van der Waals surface area contributed by atoms with E-state index in [0.717, 1.165) is 35.4 Å². The largest absolute Gasteiger partial charge is 0.493 e. The highest BCUT2D eigenvalue weighted by Gasteiger charge is 2.32. The Bertz CT molecular complexity index is 940. The van der Waals surface area contributed by atoms with Crippen LogP contribution in [0, 0.1) is 0 Å². The lowest BCUT2D eigenvalue weighted by atomic mass is 10.0. The summed E-state index contributed by atoms with van der Waals surface area (Å²) in [5.41, 5.74) is 0.836. The zero-order chi connectivity index (χ0) is 19.8. The van der Waals surface area contributed by atoms with E-state index in [1.807, 2.05) is 6.07 Å². The van der Waals surface area contributed by atoms with Crippen LogP contribution in [-0.2, 0) is 29.2 Å². The summed E-state index contributed by atoms with van der Waals surface area (Å²) >= 11 is 0. The zero-order valence-electron chi connectivity index (χ0n) is 14.7. The molecule has 0 spiro atoms. The number of fused-ring (bicyclic) bond motifs is 1. The van der Waals surface area contributed by atoms with Gasteiger partial charge in [0.15, 0.2) is 11.5 Å². The summed E-state index contributed by atoms with van der Waals surface area (Å²) in [5, 5.41) is 0. The molecule has 0 saturated heterocycles. The lowest BCUT2D eigenvalue weighted by Crippen LogP contribution is -2.36. The number of halogens is 3. The molecule has 0 aromatic heterocycles. The predicted octanol–water partition coefficient (Wildman–Crippen LogP) is 3.47. The van der Waals surface area contributed by atoms with Crippen molar-refractivity contribution in [1.29, 1.82) is 0 Å². The monoisotopic (exact) mass is 401 g/mol. The standard InChI is InChI=1S/C18H18F3NO4S/c1-25-16-9-12-7-8-22(11-13(12)10-17(16)26-2)27(23,24)15-5-3-14(4-6-15)18(19,20)21/h3-6,9-10H,7-8,11H2,1-2H3. The van der Waals surface area contributed by atoms with E-state index in [4.69, 9.17) is 9.47 Å². The molecule has 0 fully saturated rings. The van der Waals surface area contributed by atoms with Gasteiger partial charge in [-0.3, -0.25) is 0 Å². The van der Waals surface area contributed by atoms with Gasteiger partial charge in [-0.15, -0.1) is 0 Å². The lowest BCUT2D eigenvalue weighted by Gasteiger charge is -2.29. The van der Waals surface area contributed by atoms with Gasteiger partial charge in [0.2, 0.25) is 10.0 Å². The van der Waals surface area contributed by atoms with Crippen LogP contribution in [0.4, 0.5) is 13.2 Å². The second-order valence-corrected chi connectivity index (χ2v) is 8.02. The van der Waals surface area contributed by atoms with E-state index >= 15 is 0 Å². The zero-order valence-corrected chi connectivity index (χ0v) is 15.5. The van der Waals surface area contributed by atoms with Crippen molar-refractivity contribution in [3.8, 4) is 11.5 Å². The van der Waals surface area contributed by atoms with Crippen LogP contribution < -0.4 is 9.47 Å². The number of ether oxygens (including phenoxy) is 2. The molecule has 0 N–H and O–H groups in total. The topological polar surface area (TPSA) is 55.8 Å². The van der Waals surface area contributed by atoms with Crippen molar-refractivity contribution >= 4 is 10.0 Å². The first kappa shape index (κ1) is 19.5. The maximum atomic E-state index is 12.8. The van der Waals surface area contributed by atoms with Crippen molar-refractivity contribution in [2.45, 2.75) is 24.0 Å². The van der Waals surface area contributed by atoms with Crippen molar-refractivity contribution in [1.82, 2.24) is 4.31 Å². The average Bonchev–Trinajstić information content (AvgIpc) is 2.65. The van der Waals surface area contributed by atoms with Crippen molar-refractivity contribution in [3.63, 3.8) is 0 Å². The van der Waals surface area contributed by atoms with E-state index in [9.17, 15) is 21.6 Å². The van der Waals surface area contributed by atoms with Crippen LogP contribution in [0.5, 0.6) is 11.5 Å². The van der Waals surface area contributed by atoms with Crippen molar-refractivity contribution < 1.29 is 31.1 Å². The van der Waals surface area contributed by atoms with Crippen molar-refractivity contribution in [3.05, 3.63) is 53.1 Å². The summed E-state index contributed by atoms with van der Waals surface area (Å²) in [6, 6.07) is 7.07. The molecular formula is C18H18F3NO4S. The first-order valence-electron chi connectivity index (χ1n) is 8.08. The highest BCUT2D eigenvalue weighted by molar-refractivity contribution is 7.89. The van der Waals surface area contributed by atoms with Crippen molar-refractivity contribution in [2.75, 3.05) is 20.8 Å². The molecule has 27 heavy (non-hydrogen) atoms. The van der Waals surface area contributed by atoms with Gasteiger partial charge in [-0.1, -0.05) is 0 Å². The first-order valence-corrected chi connectivity index (χ1v) is 9.52. The van der Waals surface area contributed by atoms with Gasteiger partial charge in [0, 0.05) is 13.1 Å². The Hall–Kier alpha value is -2.26. The molecule has 0 aliphatic carbocycles. The molecule has 3 rings (SSSR count). The molecule has 9 heteroatoms. The van der Waals surface area contributed by atoms with Crippen LogP contribution in [0.3, 0.4) is 0 Å². The summed E-state index contributed by atoms with van der Waals surface area (Å²) in [6.07, 6.45) is -4.04. The van der Waals surface area contributed by atoms with Gasteiger partial charge in [-0.25, -0.2) is 8.42 Å². The number of benzene rings is 2. The van der Waals surface area contributed by atoms with E-state index in [0.29, 0.717) is 17.9 Å². The van der Waals surface area contributed by atoms with Gasteiger partial charge >= 0.3 is 6.18 Å². The third-order valence-corrected chi connectivity index (χ3v) is 6.36. The van der Waals surface area contributed by atoms with E-state index in [1.54, 1.807) is 6.07 Å². The normalized spacial score (nSPS) is 15.3. The minimum absolute atomic E-state index is 0.110. The van der Waals surface area contributed by atoms with Crippen LogP contribution >= 0.6 is 0 Å². The van der Waals surface area contributed by atoms with Gasteiger partial charge in [-0.2, -0.15) is 17.5 Å². The molecule has 1 aliphatic heterocycles. The molecule has 0 radical (unpaired) electrons. The molecule has 0 unspecified atom stereocenters. The summed E-state index contributed by atoms with van der Waals surface area (Å²) in [6.45, 7) is 0.338. The third-order valence-electron chi connectivity index (χ3n) is 4.50. The fraction of sp³-hybridized carbons (Fsp3) is 0.333. The molecule has 0 atom stereocenters. The van der Waals surface area contributed by atoms with Crippen LogP contribution in [0.15, 0.2) is 41.3 Å². The van der Waals surface area contributed by atoms with Crippen LogP contribution in [0.25, 0.3) is 0 Å². The Morgan fingerprint density at radius 1 is 0.963 bits per heavy atom. The van der Waals surface area contributed by atoms with E-state index in [2.05, 4.69) is 0 Å². The Morgan fingerprint density at radius 3 is 2.04 bits per heavy atom. The maximum absolute atomic E-state index is 12.8. The Morgan fingerprint density at radius 2 is 1.52 bits per heavy atom. The number of rotatable bonds is 4. The van der Waals surface area contributed by atoms with Gasteiger partial charge in [0.25, 0.3) is 0 Å². The van der Waals surface area contributed by atoms with E-state index < -0.39 is 21.8 Å². The van der Waals surface area contributed by atoms with Crippen LogP contribution in [-0.4, -0.2) is 33.5 Å². The molecule has 0 bridgehead atoms. The lowest BCUT2D eigenvalue weighted by molar-refractivity contribution is -0.137. The highest BCUT2D eigenvalue weighted by Crippen LogP contribution is 2.35. The Balaban J connectivity index is 1.89. The average molecular weight is 401 g/mol. The minimum atomic E-state index is -4.51. The second-order valence-electron chi connectivity index (χ2n) is 6.09. The van der Waals surface area contributed by atoms with Gasteiger partial charge < -0.3 is 9.47 Å². The molecule has 146 valence electrons. The fourth-order valence-corrected chi connectivity index (χ4v) is 4.45. The number of methoxy groups -OCH3 is 2. The molecule has 2 aromatic rings. The van der Waals surface area contributed by atoms with Crippen LogP contribution in [0.1, 0.15) is 16.7 Å². The summed E-state index contributed by atoms with van der Waals surface area (Å²) in [5.74, 6) is 1.06. The number of hydrogen-bond acceptors (Lipinski definition) is 4. The highest BCUT2D eigenvalue weighted by atomic mass is 32.2. The number of hydrogen-bond donors (Lipinski definition) is 0. The molecule has 1 aliphatic rings. The minimum Gasteiger partial charge on any atom is -0.493 e. The number of nitrogens with zero attached hydrogens (tertiary/aromatic N) is 1. The Labute approximate surface area is 155 Å². The summed E-state index contributed by atoms with van der Waals surface area (Å²) < 4.78 is 75.5. The van der Waals surface area contributed by atoms with Crippen LogP contribution in [0.2, 0.25) is 0 Å². The number of sulfonamides is 1. The summed E-state index contributed by atoms with van der Waals surface area (Å²) in [4.78, 5) is -0.167. The second kappa shape index (κ2) is 7.05. The molecule has 2 aromatic carbocycles. The predicted molar refractivity (Wildman–Crippen MR) is 92.3 cm³/mol. The molecule has 0 amide bonds. The molecule has 1 heterocycles. The first-order chi connectivity index (χ1) is 12.7. The summed E-state index contributed by atoms with van der Waals surface area (Å²) in [7, 11) is -0.896. The van der Waals surface area contributed by atoms with Gasteiger partial charge in [0.1, 0.15) is 0 Å². The van der Waals surface area contributed by atoms with E-state index in [-0.39, 0.29) is 18.0 Å². The van der Waals surface area contributed by atoms with E-state index in [1.165, 1.54) is 18.5 Å². The number of alkyl halides is 3. The molecular weight excluding hydrogens is 383 g/mol. The maximum Gasteiger partial charge on any atom is 0.416 e. The fourth-order valence-electron chi connectivity index (χ4n) is 3.03. The van der Waals surface area contributed by atoms with Gasteiger partial charge in [-0.05, 0) is 53.9 Å². The quantitative estimate of drug-likeness (QED) is 0.787. The van der Waals surface area contributed by atoms with Gasteiger partial charge in [0.05, 0.1) is 24.7 Å². The SMILES string of the molecule is COc1cc2c(cc1OC)CN(S(=O)(=O)c1ccc(C(F)(F)F)cc1)CC2. The third kappa shape index (κ3) is 3.74. The smallest absolute Gasteiger partial charge is 0.416 e.